The third-order valence-corrected chi connectivity index (χ3v) is 5.96. The van der Waals surface area contributed by atoms with Gasteiger partial charge in [0.15, 0.2) is 5.75 Å². The molecule has 0 bridgehead atoms. The van der Waals surface area contributed by atoms with E-state index in [1.165, 1.54) is 0 Å². The summed E-state index contributed by atoms with van der Waals surface area (Å²) in [5, 5.41) is 2.97. The maximum absolute atomic E-state index is 12.7. The van der Waals surface area contributed by atoms with Crippen molar-refractivity contribution in [1.29, 1.82) is 0 Å². The summed E-state index contributed by atoms with van der Waals surface area (Å²) in [4.78, 5) is 31.4. The monoisotopic (exact) mass is 452 g/mol. The van der Waals surface area contributed by atoms with E-state index >= 15 is 0 Å². The number of carbonyl (C=O) groups excluding carboxylic acids is 2. The first kappa shape index (κ1) is 23.2. The number of hydrogen-bond acceptors (Lipinski definition) is 6. The summed E-state index contributed by atoms with van der Waals surface area (Å²) in [5.41, 5.74) is 1.80. The highest BCUT2D eigenvalue weighted by molar-refractivity contribution is 5.93. The van der Waals surface area contributed by atoms with E-state index in [2.05, 4.69) is 15.1 Å². The van der Waals surface area contributed by atoms with Crippen LogP contribution < -0.4 is 10.1 Å². The van der Waals surface area contributed by atoms with E-state index in [-0.39, 0.29) is 18.4 Å². The molecule has 0 radical (unpaired) electrons. The maximum atomic E-state index is 12.7. The van der Waals surface area contributed by atoms with E-state index in [1.54, 1.807) is 0 Å². The largest absolute Gasteiger partial charge is 0.455 e. The number of ether oxygens (including phenoxy) is 2. The van der Waals surface area contributed by atoms with Crippen LogP contribution in [-0.4, -0.2) is 92.1 Å². The lowest BCUT2D eigenvalue weighted by molar-refractivity contribution is -0.135. The van der Waals surface area contributed by atoms with Crippen LogP contribution in [0.15, 0.2) is 48.5 Å². The molecular weight excluding hydrogens is 420 g/mol. The smallest absolute Gasteiger partial charge is 0.238 e. The van der Waals surface area contributed by atoms with Crippen LogP contribution in [0.1, 0.15) is 5.56 Å². The number of aryl methyl sites for hydroxylation is 1. The van der Waals surface area contributed by atoms with Crippen LogP contribution >= 0.6 is 0 Å². The molecular formula is C25H32N4O4. The number of piperazine rings is 1. The van der Waals surface area contributed by atoms with Crippen molar-refractivity contribution in [3.8, 4) is 11.5 Å². The van der Waals surface area contributed by atoms with Crippen molar-refractivity contribution in [2.75, 3.05) is 70.9 Å². The fraction of sp³-hybridized carbons (Fsp3) is 0.440. The molecule has 1 N–H and O–H groups in total. The fourth-order valence-corrected chi connectivity index (χ4v) is 3.99. The zero-order valence-corrected chi connectivity index (χ0v) is 19.2. The van der Waals surface area contributed by atoms with E-state index in [1.807, 2.05) is 60.4 Å². The molecule has 0 aromatic heterocycles. The van der Waals surface area contributed by atoms with Crippen molar-refractivity contribution in [2.45, 2.75) is 6.92 Å². The van der Waals surface area contributed by atoms with Gasteiger partial charge in [-0.05, 0) is 31.2 Å². The lowest BCUT2D eigenvalue weighted by Crippen LogP contribution is -2.53. The number of benzene rings is 2. The first-order chi connectivity index (χ1) is 16.1. The van der Waals surface area contributed by atoms with Gasteiger partial charge in [-0.3, -0.25) is 19.4 Å². The highest BCUT2D eigenvalue weighted by Gasteiger charge is 2.24. The van der Waals surface area contributed by atoms with E-state index in [0.29, 0.717) is 57.4 Å². The summed E-state index contributed by atoms with van der Waals surface area (Å²) < 4.78 is 11.3. The number of carbonyl (C=O) groups is 2. The van der Waals surface area contributed by atoms with Crippen LogP contribution in [0.2, 0.25) is 0 Å². The van der Waals surface area contributed by atoms with E-state index in [9.17, 15) is 9.59 Å². The first-order valence-electron chi connectivity index (χ1n) is 11.5. The minimum Gasteiger partial charge on any atom is -0.455 e. The van der Waals surface area contributed by atoms with Crippen LogP contribution in [0.4, 0.5) is 5.69 Å². The topological polar surface area (TPSA) is 74.4 Å². The lowest BCUT2D eigenvalue weighted by atomic mass is 10.2. The number of nitrogens with zero attached hydrogens (tertiary/aromatic N) is 3. The predicted octanol–water partition coefficient (Wildman–Crippen LogP) is 2.20. The highest BCUT2D eigenvalue weighted by Crippen LogP contribution is 2.29. The van der Waals surface area contributed by atoms with Gasteiger partial charge in [0.2, 0.25) is 11.8 Å². The number of anilines is 1. The Morgan fingerprint density at radius 3 is 2.27 bits per heavy atom. The lowest BCUT2D eigenvalue weighted by Gasteiger charge is -2.36. The predicted molar refractivity (Wildman–Crippen MR) is 127 cm³/mol. The average Bonchev–Trinajstić information content (AvgIpc) is 2.83. The summed E-state index contributed by atoms with van der Waals surface area (Å²) in [6.45, 7) is 8.40. The van der Waals surface area contributed by atoms with Crippen molar-refractivity contribution in [3.05, 3.63) is 54.1 Å². The number of amides is 2. The molecule has 4 rings (SSSR count). The molecule has 2 amide bonds. The minimum absolute atomic E-state index is 0.0944. The minimum atomic E-state index is -0.0944. The second-order valence-electron chi connectivity index (χ2n) is 8.50. The molecule has 0 aliphatic carbocycles. The normalized spacial score (nSPS) is 17.5. The Labute approximate surface area is 195 Å². The highest BCUT2D eigenvalue weighted by atomic mass is 16.5. The van der Waals surface area contributed by atoms with Crippen LogP contribution in [0, 0.1) is 6.92 Å². The maximum Gasteiger partial charge on any atom is 0.238 e. The van der Waals surface area contributed by atoms with Gasteiger partial charge in [0, 0.05) is 39.3 Å². The van der Waals surface area contributed by atoms with Crippen LogP contribution in [0.3, 0.4) is 0 Å². The van der Waals surface area contributed by atoms with Gasteiger partial charge < -0.3 is 19.7 Å². The van der Waals surface area contributed by atoms with E-state index in [4.69, 9.17) is 9.47 Å². The van der Waals surface area contributed by atoms with Crippen molar-refractivity contribution in [2.24, 2.45) is 0 Å². The first-order valence-corrected chi connectivity index (χ1v) is 11.5. The average molecular weight is 453 g/mol. The molecule has 0 atom stereocenters. The SMILES string of the molecule is Cc1ccc(Oc2ccccc2NC(=O)CN2CCN(C(=O)CN3CCOCC3)CC2)cc1. The Morgan fingerprint density at radius 1 is 0.879 bits per heavy atom. The summed E-state index contributed by atoms with van der Waals surface area (Å²) in [6.07, 6.45) is 0. The van der Waals surface area contributed by atoms with Gasteiger partial charge in [-0.15, -0.1) is 0 Å². The Bertz CT molecular complexity index is 936. The van der Waals surface area contributed by atoms with Gasteiger partial charge in [-0.2, -0.15) is 0 Å². The molecule has 0 unspecified atom stereocenters. The van der Waals surface area contributed by atoms with Gasteiger partial charge in [0.05, 0.1) is 32.0 Å². The van der Waals surface area contributed by atoms with Crippen molar-refractivity contribution >= 4 is 17.5 Å². The van der Waals surface area contributed by atoms with Crippen LogP contribution in [0.25, 0.3) is 0 Å². The van der Waals surface area contributed by atoms with Gasteiger partial charge in [0.25, 0.3) is 0 Å². The molecule has 8 nitrogen and oxygen atoms in total. The zero-order valence-electron chi connectivity index (χ0n) is 19.2. The molecule has 2 aromatic carbocycles. The third kappa shape index (κ3) is 6.77. The van der Waals surface area contributed by atoms with Gasteiger partial charge in [-0.25, -0.2) is 0 Å². The van der Waals surface area contributed by atoms with E-state index < -0.39 is 0 Å². The van der Waals surface area contributed by atoms with Crippen molar-refractivity contribution in [3.63, 3.8) is 0 Å². The Kier molecular flexibility index (Phi) is 7.93. The Morgan fingerprint density at radius 2 is 1.55 bits per heavy atom. The number of rotatable bonds is 7. The molecule has 2 heterocycles. The van der Waals surface area contributed by atoms with Gasteiger partial charge >= 0.3 is 0 Å². The second kappa shape index (κ2) is 11.3. The molecule has 8 heteroatoms. The quantitative estimate of drug-likeness (QED) is 0.694. The number of morpholine rings is 1. The van der Waals surface area contributed by atoms with Gasteiger partial charge in [0.1, 0.15) is 5.75 Å². The van der Waals surface area contributed by atoms with Crippen LogP contribution in [-0.2, 0) is 14.3 Å². The van der Waals surface area contributed by atoms with Crippen LogP contribution in [0.5, 0.6) is 11.5 Å². The summed E-state index contributed by atoms with van der Waals surface area (Å²) in [6, 6.07) is 15.2. The third-order valence-electron chi connectivity index (χ3n) is 5.96. The molecule has 2 aliphatic heterocycles. The summed E-state index contributed by atoms with van der Waals surface area (Å²) in [5.74, 6) is 1.39. The molecule has 33 heavy (non-hydrogen) atoms. The fourth-order valence-electron chi connectivity index (χ4n) is 3.99. The second-order valence-corrected chi connectivity index (χ2v) is 8.50. The summed E-state index contributed by atoms with van der Waals surface area (Å²) >= 11 is 0. The Hall–Kier alpha value is -2.94. The summed E-state index contributed by atoms with van der Waals surface area (Å²) in [7, 11) is 0. The zero-order chi connectivity index (χ0) is 23.0. The number of para-hydroxylation sites is 2. The standard InChI is InChI=1S/C25H32N4O4/c1-20-6-8-21(9-7-20)33-23-5-3-2-4-22(23)26-24(30)18-27-10-12-29(13-11-27)25(31)19-28-14-16-32-17-15-28/h2-9H,10-19H2,1H3,(H,26,30). The molecule has 2 saturated heterocycles. The van der Waals surface area contributed by atoms with Crippen molar-refractivity contribution < 1.29 is 19.1 Å². The molecule has 2 fully saturated rings. The molecule has 2 aliphatic rings. The molecule has 0 spiro atoms. The number of hydrogen-bond donors (Lipinski definition) is 1. The Balaban J connectivity index is 1.24. The number of nitrogens with one attached hydrogen (secondary N) is 1. The molecule has 0 saturated carbocycles. The molecule has 176 valence electrons. The van der Waals surface area contributed by atoms with Crippen molar-refractivity contribution in [1.82, 2.24) is 14.7 Å². The van der Waals surface area contributed by atoms with Gasteiger partial charge in [-0.1, -0.05) is 29.8 Å². The molecule has 2 aromatic rings. The van der Waals surface area contributed by atoms with E-state index in [0.717, 1.165) is 24.4 Å².